The maximum Gasteiger partial charge on any atom is 0.338 e. The molecule has 2 amide bonds. The minimum Gasteiger partial charge on any atom is -0.463 e. The first kappa shape index (κ1) is 21.7. The molecule has 0 unspecified atom stereocenters. The first-order valence-corrected chi connectivity index (χ1v) is 11.2. The Kier molecular flexibility index (Phi) is 6.50. The molecule has 7 nitrogen and oxygen atoms in total. The second kappa shape index (κ2) is 9.30. The first-order chi connectivity index (χ1) is 15.0. The van der Waals surface area contributed by atoms with Crippen LogP contribution in [-0.4, -0.2) is 31.2 Å². The van der Waals surface area contributed by atoms with Crippen LogP contribution in [0.15, 0.2) is 52.6 Å². The van der Waals surface area contributed by atoms with Gasteiger partial charge in [0, 0.05) is 21.4 Å². The molecule has 0 saturated heterocycles. The molecule has 10 heteroatoms. The number of rotatable bonds is 6. The van der Waals surface area contributed by atoms with Gasteiger partial charge in [-0.15, -0.1) is 11.8 Å². The molecule has 2 aromatic rings. The minimum atomic E-state index is -0.715. The predicted molar refractivity (Wildman–Crippen MR) is 118 cm³/mol. The zero-order chi connectivity index (χ0) is 22.0. The van der Waals surface area contributed by atoms with Crippen molar-refractivity contribution in [2.75, 3.05) is 19.2 Å². The average Bonchev–Trinajstić information content (AvgIpc) is 3.22. The SMILES string of the molecule is CCOC(=O)C1=C(CSc2cc(Cl)ccc2Cl)NC(=O)N[C@H]1c1ccc2c(c1)OCO2. The van der Waals surface area contributed by atoms with Crippen LogP contribution in [-0.2, 0) is 9.53 Å². The lowest BCUT2D eigenvalue weighted by Crippen LogP contribution is -2.46. The molecule has 2 aromatic carbocycles. The largest absolute Gasteiger partial charge is 0.463 e. The van der Waals surface area contributed by atoms with Crippen LogP contribution in [0.5, 0.6) is 11.5 Å². The van der Waals surface area contributed by atoms with Crippen molar-refractivity contribution in [3.05, 3.63) is 63.3 Å². The van der Waals surface area contributed by atoms with Gasteiger partial charge < -0.3 is 24.8 Å². The zero-order valence-corrected chi connectivity index (χ0v) is 18.7. The summed E-state index contributed by atoms with van der Waals surface area (Å²) in [6.45, 7) is 2.05. The van der Waals surface area contributed by atoms with Gasteiger partial charge in [-0.3, -0.25) is 0 Å². The molecule has 0 aliphatic carbocycles. The van der Waals surface area contributed by atoms with Gasteiger partial charge in [0.25, 0.3) is 0 Å². The summed E-state index contributed by atoms with van der Waals surface area (Å²) in [5.41, 5.74) is 1.42. The van der Waals surface area contributed by atoms with Gasteiger partial charge in [0.2, 0.25) is 6.79 Å². The summed E-state index contributed by atoms with van der Waals surface area (Å²) in [6.07, 6.45) is 0. The number of hydrogen-bond acceptors (Lipinski definition) is 6. The molecule has 2 heterocycles. The van der Waals surface area contributed by atoms with E-state index >= 15 is 0 Å². The highest BCUT2D eigenvalue weighted by Gasteiger charge is 2.34. The lowest BCUT2D eigenvalue weighted by molar-refractivity contribution is -0.139. The van der Waals surface area contributed by atoms with Crippen LogP contribution in [0.3, 0.4) is 0 Å². The van der Waals surface area contributed by atoms with Crippen LogP contribution in [0.2, 0.25) is 10.0 Å². The lowest BCUT2D eigenvalue weighted by atomic mass is 9.95. The maximum absolute atomic E-state index is 12.9. The predicted octanol–water partition coefficient (Wildman–Crippen LogP) is 4.69. The molecular formula is C21H18Cl2N2O5S. The summed E-state index contributed by atoms with van der Waals surface area (Å²) in [6, 6.07) is 9.25. The van der Waals surface area contributed by atoms with Crippen molar-refractivity contribution in [2.45, 2.75) is 17.9 Å². The van der Waals surface area contributed by atoms with Crippen LogP contribution < -0.4 is 20.1 Å². The molecule has 0 bridgehead atoms. The fourth-order valence-electron chi connectivity index (χ4n) is 3.26. The third-order valence-electron chi connectivity index (χ3n) is 4.64. The number of fused-ring (bicyclic) bond motifs is 1. The number of halogens is 2. The average molecular weight is 481 g/mol. The van der Waals surface area contributed by atoms with E-state index in [-0.39, 0.29) is 19.2 Å². The topological polar surface area (TPSA) is 85.9 Å². The van der Waals surface area contributed by atoms with Crippen LogP contribution in [0.25, 0.3) is 0 Å². The lowest BCUT2D eigenvalue weighted by Gasteiger charge is -2.29. The highest BCUT2D eigenvalue weighted by atomic mass is 35.5. The van der Waals surface area contributed by atoms with Crippen molar-refractivity contribution in [3.63, 3.8) is 0 Å². The number of thioether (sulfide) groups is 1. The second-order valence-electron chi connectivity index (χ2n) is 6.62. The van der Waals surface area contributed by atoms with E-state index in [0.29, 0.717) is 38.4 Å². The number of amides is 2. The van der Waals surface area contributed by atoms with Crippen molar-refractivity contribution in [2.24, 2.45) is 0 Å². The summed E-state index contributed by atoms with van der Waals surface area (Å²) >= 11 is 13.7. The van der Waals surface area contributed by atoms with Crippen LogP contribution in [0.4, 0.5) is 4.79 Å². The number of carbonyl (C=O) groups excluding carboxylic acids is 2. The molecule has 2 N–H and O–H groups in total. The first-order valence-electron chi connectivity index (χ1n) is 9.41. The Morgan fingerprint density at radius 1 is 1.19 bits per heavy atom. The van der Waals surface area contributed by atoms with Crippen LogP contribution in [0, 0.1) is 0 Å². The van der Waals surface area contributed by atoms with Crippen LogP contribution >= 0.6 is 35.0 Å². The van der Waals surface area contributed by atoms with Crippen molar-refractivity contribution in [1.29, 1.82) is 0 Å². The normalized spacial score (nSPS) is 17.3. The number of urea groups is 1. The Balaban J connectivity index is 1.70. The molecule has 162 valence electrons. The highest BCUT2D eigenvalue weighted by molar-refractivity contribution is 7.99. The van der Waals surface area contributed by atoms with Gasteiger partial charge in [-0.25, -0.2) is 9.59 Å². The van der Waals surface area contributed by atoms with Gasteiger partial charge in [0.05, 0.1) is 23.2 Å². The number of esters is 1. The quantitative estimate of drug-likeness (QED) is 0.460. The van der Waals surface area contributed by atoms with Crippen molar-refractivity contribution < 1.29 is 23.8 Å². The van der Waals surface area contributed by atoms with E-state index in [2.05, 4.69) is 10.6 Å². The van der Waals surface area contributed by atoms with E-state index in [1.807, 2.05) is 0 Å². The Morgan fingerprint density at radius 3 is 2.81 bits per heavy atom. The molecule has 0 spiro atoms. The molecule has 2 aliphatic rings. The van der Waals surface area contributed by atoms with Gasteiger partial charge in [-0.05, 0) is 42.8 Å². The molecule has 31 heavy (non-hydrogen) atoms. The molecule has 1 atom stereocenters. The number of benzene rings is 2. The van der Waals surface area contributed by atoms with E-state index < -0.39 is 18.0 Å². The molecule has 0 saturated carbocycles. The Bertz CT molecular complexity index is 1080. The molecule has 0 fully saturated rings. The number of carbonyl (C=O) groups is 2. The van der Waals surface area contributed by atoms with Gasteiger partial charge in [-0.1, -0.05) is 29.3 Å². The second-order valence-corrected chi connectivity index (χ2v) is 8.48. The molecule has 4 rings (SSSR count). The Morgan fingerprint density at radius 2 is 2.00 bits per heavy atom. The van der Waals surface area contributed by atoms with Crippen molar-refractivity contribution in [3.8, 4) is 11.5 Å². The number of nitrogens with one attached hydrogen (secondary N) is 2. The van der Waals surface area contributed by atoms with Crippen LogP contribution in [0.1, 0.15) is 18.5 Å². The summed E-state index contributed by atoms with van der Waals surface area (Å²) in [5.74, 6) is 0.917. The Labute approximate surface area is 193 Å². The number of ether oxygens (including phenoxy) is 3. The van der Waals surface area contributed by atoms with E-state index in [9.17, 15) is 9.59 Å². The standard InChI is InChI=1S/C21H18Cl2N2O5S/c1-2-28-20(26)18-14(9-31-17-8-12(22)4-5-13(17)23)24-21(27)25-19(18)11-3-6-15-16(7-11)30-10-29-15/h3-8,19H,2,9-10H2,1H3,(H2,24,25,27)/t19-/m0/s1. The van der Waals surface area contributed by atoms with E-state index in [4.69, 9.17) is 37.4 Å². The summed E-state index contributed by atoms with van der Waals surface area (Å²) < 4.78 is 16.1. The summed E-state index contributed by atoms with van der Waals surface area (Å²) in [5, 5.41) is 6.61. The number of hydrogen-bond donors (Lipinski definition) is 2. The monoisotopic (exact) mass is 480 g/mol. The fourth-order valence-corrected chi connectivity index (χ4v) is 4.72. The smallest absolute Gasteiger partial charge is 0.338 e. The summed E-state index contributed by atoms with van der Waals surface area (Å²) in [4.78, 5) is 26.0. The fraction of sp³-hybridized carbons (Fsp3) is 0.238. The van der Waals surface area contributed by atoms with E-state index in [0.717, 1.165) is 4.90 Å². The van der Waals surface area contributed by atoms with E-state index in [1.54, 1.807) is 43.3 Å². The highest BCUT2D eigenvalue weighted by Crippen LogP contribution is 2.38. The third-order valence-corrected chi connectivity index (χ3v) is 6.40. The summed E-state index contributed by atoms with van der Waals surface area (Å²) in [7, 11) is 0. The molecule has 0 aromatic heterocycles. The molecule has 0 radical (unpaired) electrons. The van der Waals surface area contributed by atoms with Gasteiger partial charge in [0.15, 0.2) is 11.5 Å². The van der Waals surface area contributed by atoms with Crippen molar-refractivity contribution in [1.82, 2.24) is 10.6 Å². The van der Waals surface area contributed by atoms with Gasteiger partial charge >= 0.3 is 12.0 Å². The zero-order valence-electron chi connectivity index (χ0n) is 16.4. The molecular weight excluding hydrogens is 463 g/mol. The van der Waals surface area contributed by atoms with Gasteiger partial charge in [-0.2, -0.15) is 0 Å². The van der Waals surface area contributed by atoms with Crippen molar-refractivity contribution >= 4 is 47.0 Å². The van der Waals surface area contributed by atoms with E-state index in [1.165, 1.54) is 11.8 Å². The van der Waals surface area contributed by atoms with Gasteiger partial charge in [0.1, 0.15) is 0 Å². The minimum absolute atomic E-state index is 0.125. The third kappa shape index (κ3) is 4.71. The molecule has 2 aliphatic heterocycles. The maximum atomic E-state index is 12.9. The Hall–Kier alpha value is -2.55.